The summed E-state index contributed by atoms with van der Waals surface area (Å²) in [4.78, 5) is 17.1. The number of nitrogens with one attached hydrogen (secondary N) is 1. The summed E-state index contributed by atoms with van der Waals surface area (Å²) >= 11 is 6.17. The lowest BCUT2D eigenvalue weighted by atomic mass is 10.2. The maximum Gasteiger partial charge on any atom is 0.257 e. The Morgan fingerprint density at radius 2 is 1.97 bits per heavy atom. The van der Waals surface area contributed by atoms with E-state index >= 15 is 0 Å². The van der Waals surface area contributed by atoms with Crippen LogP contribution in [0, 0.1) is 6.92 Å². The van der Waals surface area contributed by atoms with Gasteiger partial charge < -0.3 is 5.32 Å². The van der Waals surface area contributed by atoms with Gasteiger partial charge in [-0.1, -0.05) is 11.6 Å². The van der Waals surface area contributed by atoms with Gasteiger partial charge in [0.25, 0.3) is 5.91 Å². The van der Waals surface area contributed by atoms with Gasteiger partial charge in [0.1, 0.15) is 0 Å². The van der Waals surface area contributed by atoms with Gasteiger partial charge in [-0.2, -0.15) is 9.40 Å². The minimum atomic E-state index is -3.74. The minimum Gasteiger partial charge on any atom is -0.321 e. The molecular formula is C19H22ClN5O3S. The van der Waals surface area contributed by atoms with E-state index in [4.69, 9.17) is 11.6 Å². The van der Waals surface area contributed by atoms with Crippen molar-refractivity contribution in [1.29, 1.82) is 0 Å². The zero-order valence-corrected chi connectivity index (χ0v) is 18.3. The van der Waals surface area contributed by atoms with E-state index in [0.29, 0.717) is 11.3 Å². The molecule has 1 N–H and O–H groups in total. The van der Waals surface area contributed by atoms with E-state index in [-0.39, 0.29) is 21.5 Å². The van der Waals surface area contributed by atoms with Crippen LogP contribution < -0.4 is 5.32 Å². The highest BCUT2D eigenvalue weighted by atomic mass is 35.5. The topological polar surface area (TPSA) is 97.2 Å². The molecule has 8 nitrogen and oxygen atoms in total. The highest BCUT2D eigenvalue weighted by Crippen LogP contribution is 2.25. The summed E-state index contributed by atoms with van der Waals surface area (Å²) in [7, 11) is -0.461. The van der Waals surface area contributed by atoms with Gasteiger partial charge in [-0.15, -0.1) is 0 Å². The summed E-state index contributed by atoms with van der Waals surface area (Å²) in [6.07, 6.45) is 1.52. The Kier molecular flexibility index (Phi) is 5.66. The van der Waals surface area contributed by atoms with Crippen molar-refractivity contribution < 1.29 is 13.2 Å². The fourth-order valence-electron chi connectivity index (χ4n) is 2.86. The molecule has 2 aromatic heterocycles. The number of anilines is 1. The van der Waals surface area contributed by atoms with E-state index in [1.54, 1.807) is 31.6 Å². The monoisotopic (exact) mass is 435 g/mol. The lowest BCUT2D eigenvalue weighted by Gasteiger charge is -2.21. The van der Waals surface area contributed by atoms with Crippen LogP contribution in [0.25, 0.3) is 11.0 Å². The number of carbonyl (C=O) groups is 1. The van der Waals surface area contributed by atoms with E-state index in [2.05, 4.69) is 15.4 Å². The molecule has 0 radical (unpaired) electrons. The molecule has 0 fully saturated rings. The first kappa shape index (κ1) is 21.2. The van der Waals surface area contributed by atoms with Crippen LogP contribution in [0.5, 0.6) is 0 Å². The van der Waals surface area contributed by atoms with Gasteiger partial charge >= 0.3 is 0 Å². The molecule has 0 aliphatic heterocycles. The van der Waals surface area contributed by atoms with Crippen molar-refractivity contribution in [3.63, 3.8) is 0 Å². The van der Waals surface area contributed by atoms with Crippen molar-refractivity contribution in [2.75, 3.05) is 12.4 Å². The van der Waals surface area contributed by atoms with Gasteiger partial charge in [0.05, 0.1) is 33.1 Å². The molecule has 0 aliphatic rings. The Hall–Kier alpha value is -2.49. The van der Waals surface area contributed by atoms with E-state index in [1.165, 1.54) is 35.7 Å². The number of sulfonamides is 1. The van der Waals surface area contributed by atoms with Gasteiger partial charge in [0, 0.05) is 25.5 Å². The molecule has 3 aromatic rings. The second-order valence-electron chi connectivity index (χ2n) is 7.01. The molecule has 10 heteroatoms. The third-order valence-electron chi connectivity index (χ3n) is 4.71. The normalized spacial score (nSPS) is 12.1. The molecule has 3 rings (SSSR count). The standard InChI is InChI=1S/C19H22ClN5O3S/c1-11(2)25(5)29(27,28)14-6-7-17(20)16(9-14)19(26)22-13-8-15-12(3)23-24(4)18(15)21-10-13/h6-11H,1-5H3,(H,22,26). The molecule has 0 saturated carbocycles. The van der Waals surface area contributed by atoms with Crippen LogP contribution >= 0.6 is 11.6 Å². The highest BCUT2D eigenvalue weighted by Gasteiger charge is 2.25. The molecule has 0 atom stereocenters. The second-order valence-corrected chi connectivity index (χ2v) is 9.42. The molecule has 1 amide bonds. The number of aryl methyl sites for hydroxylation is 2. The quantitative estimate of drug-likeness (QED) is 0.663. The average molecular weight is 436 g/mol. The first-order chi connectivity index (χ1) is 13.5. The van der Waals surface area contributed by atoms with Gasteiger partial charge in [0.2, 0.25) is 10.0 Å². The van der Waals surface area contributed by atoms with Crippen LogP contribution in [0.3, 0.4) is 0 Å². The first-order valence-electron chi connectivity index (χ1n) is 8.90. The van der Waals surface area contributed by atoms with Crippen molar-refractivity contribution in [1.82, 2.24) is 19.1 Å². The number of fused-ring (bicyclic) bond motifs is 1. The van der Waals surface area contributed by atoms with E-state index in [9.17, 15) is 13.2 Å². The number of halogens is 1. The Balaban J connectivity index is 1.94. The van der Waals surface area contributed by atoms with Crippen LogP contribution in [0.1, 0.15) is 29.9 Å². The minimum absolute atomic E-state index is 0.0000640. The Morgan fingerprint density at radius 3 is 2.62 bits per heavy atom. The van der Waals surface area contributed by atoms with Crippen molar-refractivity contribution in [3.8, 4) is 0 Å². The second kappa shape index (κ2) is 7.74. The maximum absolute atomic E-state index is 12.8. The molecule has 0 spiro atoms. The van der Waals surface area contributed by atoms with Crippen molar-refractivity contribution in [2.45, 2.75) is 31.7 Å². The number of rotatable bonds is 5. The number of hydrogen-bond acceptors (Lipinski definition) is 5. The summed E-state index contributed by atoms with van der Waals surface area (Å²) in [6, 6.07) is 5.62. The molecule has 2 heterocycles. The lowest BCUT2D eigenvalue weighted by molar-refractivity contribution is 0.102. The number of nitrogens with zero attached hydrogens (tertiary/aromatic N) is 4. The predicted molar refractivity (Wildman–Crippen MR) is 113 cm³/mol. The van der Waals surface area contributed by atoms with Gasteiger partial charge in [-0.3, -0.25) is 9.48 Å². The molecular weight excluding hydrogens is 414 g/mol. The third-order valence-corrected chi connectivity index (χ3v) is 7.07. The highest BCUT2D eigenvalue weighted by molar-refractivity contribution is 7.89. The van der Waals surface area contributed by atoms with Crippen LogP contribution in [0.2, 0.25) is 5.02 Å². The molecule has 154 valence electrons. The Morgan fingerprint density at radius 1 is 1.28 bits per heavy atom. The SMILES string of the molecule is Cc1nn(C)c2ncc(NC(=O)c3cc(S(=O)(=O)N(C)C(C)C)ccc3Cl)cc12. The number of amides is 1. The van der Waals surface area contributed by atoms with E-state index in [1.807, 2.05) is 6.92 Å². The third kappa shape index (κ3) is 3.98. The van der Waals surface area contributed by atoms with Crippen LogP contribution in [-0.4, -0.2) is 46.5 Å². The number of hydrogen-bond donors (Lipinski definition) is 1. The molecule has 0 saturated heterocycles. The smallest absolute Gasteiger partial charge is 0.257 e. The fraction of sp³-hybridized carbons (Fsp3) is 0.316. The molecule has 0 unspecified atom stereocenters. The first-order valence-corrected chi connectivity index (χ1v) is 10.7. The summed E-state index contributed by atoms with van der Waals surface area (Å²) in [5, 5.41) is 7.99. The van der Waals surface area contributed by atoms with E-state index in [0.717, 1.165) is 11.1 Å². The molecule has 0 bridgehead atoms. The van der Waals surface area contributed by atoms with Crippen molar-refractivity contribution in [2.24, 2.45) is 7.05 Å². The van der Waals surface area contributed by atoms with Crippen LogP contribution in [-0.2, 0) is 17.1 Å². The summed E-state index contributed by atoms with van der Waals surface area (Å²) < 4.78 is 28.4. The van der Waals surface area contributed by atoms with Crippen molar-refractivity contribution in [3.05, 3.63) is 46.7 Å². The Bertz CT molecular complexity index is 1200. The number of benzene rings is 1. The Labute approximate surface area is 174 Å². The predicted octanol–water partition coefficient (Wildman–Crippen LogP) is 3.21. The number of aromatic nitrogens is 3. The number of carbonyl (C=O) groups excluding carboxylic acids is 1. The molecule has 1 aromatic carbocycles. The average Bonchev–Trinajstić information content (AvgIpc) is 2.94. The summed E-state index contributed by atoms with van der Waals surface area (Å²) in [5.41, 5.74) is 2.01. The van der Waals surface area contributed by atoms with Crippen molar-refractivity contribution >= 4 is 44.3 Å². The van der Waals surface area contributed by atoms with E-state index < -0.39 is 15.9 Å². The van der Waals surface area contributed by atoms with Gasteiger partial charge in [-0.25, -0.2) is 13.4 Å². The summed E-state index contributed by atoms with van der Waals surface area (Å²) in [6.45, 7) is 5.39. The fourth-order valence-corrected chi connectivity index (χ4v) is 4.46. The van der Waals surface area contributed by atoms with Gasteiger partial charge in [-0.05, 0) is 45.0 Å². The summed E-state index contributed by atoms with van der Waals surface area (Å²) in [5.74, 6) is -0.526. The molecule has 0 aliphatic carbocycles. The lowest BCUT2D eigenvalue weighted by Crippen LogP contribution is -2.33. The van der Waals surface area contributed by atoms with Gasteiger partial charge in [0.15, 0.2) is 5.65 Å². The number of pyridine rings is 1. The van der Waals surface area contributed by atoms with Crippen LogP contribution in [0.15, 0.2) is 35.4 Å². The zero-order valence-electron chi connectivity index (χ0n) is 16.8. The molecule has 29 heavy (non-hydrogen) atoms. The zero-order chi connectivity index (χ0) is 21.5. The largest absolute Gasteiger partial charge is 0.321 e. The van der Waals surface area contributed by atoms with Crippen LogP contribution in [0.4, 0.5) is 5.69 Å². The maximum atomic E-state index is 12.8.